The summed E-state index contributed by atoms with van der Waals surface area (Å²) in [5.74, 6) is 3.54. The van der Waals surface area contributed by atoms with Gasteiger partial charge in [-0.05, 0) is 92.5 Å². The number of aromatic carboxylic acids is 1. The molecule has 8 nitrogen and oxygen atoms in total. The molecule has 1 spiro atoms. The number of rotatable bonds is 7. The first-order valence-electron chi connectivity index (χ1n) is 15.8. The second kappa shape index (κ2) is 11.3. The van der Waals surface area contributed by atoms with Gasteiger partial charge in [0.1, 0.15) is 17.0 Å². The van der Waals surface area contributed by atoms with Crippen molar-refractivity contribution in [3.8, 4) is 23.3 Å². The van der Waals surface area contributed by atoms with Crippen LogP contribution in [0.4, 0.5) is 5.69 Å². The molecule has 3 aromatic rings. The molecule has 3 aromatic carbocycles. The van der Waals surface area contributed by atoms with Gasteiger partial charge in [-0.25, -0.2) is 4.79 Å². The minimum Gasteiger partial charge on any atom is -0.506 e. The number of Topliss-reactive ketones (excluding diaryl/α,β-unsaturated/α-hetero) is 1. The van der Waals surface area contributed by atoms with E-state index in [4.69, 9.17) is 4.74 Å². The average molecular weight is 650 g/mol. The third-order valence-corrected chi connectivity index (χ3v) is 11.7. The summed E-state index contributed by atoms with van der Waals surface area (Å²) in [7, 11) is 0. The van der Waals surface area contributed by atoms with Crippen molar-refractivity contribution in [1.82, 2.24) is 0 Å². The van der Waals surface area contributed by atoms with Gasteiger partial charge in [0.25, 0.3) is 0 Å². The molecule has 2 aliphatic heterocycles. The average Bonchev–Trinajstić information content (AvgIpc) is 3.41. The van der Waals surface area contributed by atoms with Crippen molar-refractivity contribution in [3.63, 3.8) is 0 Å². The Morgan fingerprint density at radius 1 is 1.00 bits per heavy atom. The quantitative estimate of drug-likeness (QED) is 0.163. The zero-order chi connectivity index (χ0) is 33.1. The molecule has 0 unspecified atom stereocenters. The molecular formula is C38H35NO7S. The third-order valence-electron chi connectivity index (χ3n) is 10.7. The number of allylic oxidation sites excluding steroid dienone is 2. The molecule has 2 saturated heterocycles. The van der Waals surface area contributed by atoms with Crippen LogP contribution in [0.5, 0.6) is 11.5 Å². The number of nitrogens with one attached hydrogen (secondary N) is 1. The number of phenolic OH excluding ortho intramolecular Hbond substituents is 1. The number of amides is 1. The molecule has 2 heterocycles. The Bertz CT molecular complexity index is 1890. The molecule has 5 aliphatic rings. The fourth-order valence-corrected chi connectivity index (χ4v) is 9.84. The highest BCUT2D eigenvalue weighted by molar-refractivity contribution is 8.04. The first-order chi connectivity index (χ1) is 22.4. The van der Waals surface area contributed by atoms with E-state index in [1.165, 1.54) is 11.8 Å². The van der Waals surface area contributed by atoms with Crippen molar-refractivity contribution in [2.24, 2.45) is 22.7 Å². The minimum absolute atomic E-state index is 0.0278. The first kappa shape index (κ1) is 31.1. The molecule has 47 heavy (non-hydrogen) atoms. The van der Waals surface area contributed by atoms with Gasteiger partial charge < -0.3 is 25.4 Å². The van der Waals surface area contributed by atoms with Gasteiger partial charge in [-0.1, -0.05) is 54.8 Å². The van der Waals surface area contributed by atoms with Crippen molar-refractivity contribution in [3.05, 3.63) is 94.4 Å². The number of phenols is 2. The number of benzene rings is 3. The lowest BCUT2D eigenvalue weighted by Gasteiger charge is -2.56. The topological polar surface area (TPSA) is 133 Å². The van der Waals surface area contributed by atoms with Crippen molar-refractivity contribution < 1.29 is 34.4 Å². The summed E-state index contributed by atoms with van der Waals surface area (Å²) in [6.07, 6.45) is 4.90. The summed E-state index contributed by atoms with van der Waals surface area (Å²) in [5.41, 5.74) is -0.367. The van der Waals surface area contributed by atoms with Crippen LogP contribution in [0, 0.1) is 34.5 Å². The number of hydrogen-bond donors (Lipinski definition) is 4. The van der Waals surface area contributed by atoms with Gasteiger partial charge in [0, 0.05) is 33.8 Å². The van der Waals surface area contributed by atoms with Gasteiger partial charge in [0.2, 0.25) is 5.91 Å². The molecule has 0 aromatic heterocycles. The predicted octanol–water partition coefficient (Wildman–Crippen LogP) is 6.75. The molecule has 2 saturated carbocycles. The monoisotopic (exact) mass is 649 g/mol. The molecule has 240 valence electrons. The number of carboxylic acid groups (broad SMARTS) is 1. The molecule has 1 amide bonds. The van der Waals surface area contributed by atoms with Gasteiger partial charge in [-0.3, -0.25) is 9.59 Å². The van der Waals surface area contributed by atoms with Gasteiger partial charge in [-0.2, -0.15) is 0 Å². The molecule has 3 aliphatic carbocycles. The smallest absolute Gasteiger partial charge is 0.339 e. The van der Waals surface area contributed by atoms with Crippen molar-refractivity contribution >= 4 is 35.1 Å². The van der Waals surface area contributed by atoms with Gasteiger partial charge in [0.05, 0.1) is 16.6 Å². The number of hydrogen-bond acceptors (Lipinski definition) is 7. The Kier molecular flexibility index (Phi) is 7.49. The number of ether oxygens (including phenoxy) is 1. The highest BCUT2D eigenvalue weighted by Gasteiger charge is 2.72. The number of carboxylic acids is 1. The standard InChI is InChI=1S/C38H35NO7S/c1-36(17-16-30(41)39-31-27(40)15-14-26(32(31)42)35(44)45)33-28-18-24-19-38(33,21-37(24,2)46-28)20-29(34(36)43)47-25-12-10-23(11-13-25)9-8-22-6-4-3-5-7-22/h3-7,10-15,20,24,28,33,40,42H,16-19,21H2,1-2H3,(H,39,41)(H,44,45)/t24-,28+,33+,36+,37+,38-/m1/s1. The normalized spacial score (nSPS) is 29.9. The van der Waals surface area contributed by atoms with E-state index in [1.807, 2.05) is 61.5 Å². The van der Waals surface area contributed by atoms with Crippen LogP contribution in [-0.4, -0.2) is 44.7 Å². The number of carbonyl (C=O) groups is 3. The van der Waals surface area contributed by atoms with Gasteiger partial charge >= 0.3 is 5.97 Å². The highest BCUT2D eigenvalue weighted by atomic mass is 32.2. The minimum atomic E-state index is -1.39. The lowest BCUT2D eigenvalue weighted by molar-refractivity contribution is -0.169. The second-order valence-electron chi connectivity index (χ2n) is 13.7. The maximum atomic E-state index is 14.5. The summed E-state index contributed by atoms with van der Waals surface area (Å²) in [5, 5.41) is 32.5. The Labute approximate surface area is 277 Å². The fourth-order valence-electron chi connectivity index (χ4n) is 8.69. The summed E-state index contributed by atoms with van der Waals surface area (Å²) in [6.45, 7) is 4.13. The number of ketones is 1. The van der Waals surface area contributed by atoms with Gasteiger partial charge in [0.15, 0.2) is 11.5 Å². The summed E-state index contributed by atoms with van der Waals surface area (Å²) < 4.78 is 6.61. The van der Waals surface area contributed by atoms with Crippen LogP contribution in [0.3, 0.4) is 0 Å². The molecular weight excluding hydrogens is 614 g/mol. The maximum absolute atomic E-state index is 14.5. The maximum Gasteiger partial charge on any atom is 0.339 e. The predicted molar refractivity (Wildman–Crippen MR) is 177 cm³/mol. The third kappa shape index (κ3) is 5.30. The Hall–Kier alpha value is -4.52. The molecule has 4 fully saturated rings. The van der Waals surface area contributed by atoms with Crippen LogP contribution < -0.4 is 5.32 Å². The van der Waals surface area contributed by atoms with Crippen LogP contribution in [0.15, 0.2) is 82.6 Å². The second-order valence-corrected chi connectivity index (χ2v) is 14.8. The zero-order valence-electron chi connectivity index (χ0n) is 26.1. The lowest BCUT2D eigenvalue weighted by Crippen LogP contribution is -2.57. The fraction of sp³-hybridized carbons (Fsp3) is 0.342. The van der Waals surface area contributed by atoms with E-state index < -0.39 is 34.4 Å². The Morgan fingerprint density at radius 2 is 1.70 bits per heavy atom. The number of anilines is 1. The lowest BCUT2D eigenvalue weighted by atomic mass is 9.51. The molecule has 4 bridgehead atoms. The van der Waals surface area contributed by atoms with Crippen LogP contribution in [0.2, 0.25) is 0 Å². The first-order valence-corrected chi connectivity index (χ1v) is 16.6. The van der Waals surface area contributed by atoms with E-state index in [1.54, 1.807) is 0 Å². The number of aromatic hydroxyl groups is 2. The van der Waals surface area contributed by atoms with E-state index in [0.717, 1.165) is 47.4 Å². The Morgan fingerprint density at radius 3 is 2.38 bits per heavy atom. The highest BCUT2D eigenvalue weighted by Crippen LogP contribution is 2.72. The van der Waals surface area contributed by atoms with Crippen LogP contribution in [0.1, 0.15) is 67.4 Å². The summed E-state index contributed by atoms with van der Waals surface area (Å²) in [6, 6.07) is 19.8. The molecule has 4 N–H and O–H groups in total. The molecule has 9 heteroatoms. The summed E-state index contributed by atoms with van der Waals surface area (Å²) in [4.78, 5) is 40.8. The van der Waals surface area contributed by atoms with Crippen molar-refractivity contribution in [2.45, 2.75) is 62.6 Å². The van der Waals surface area contributed by atoms with Crippen LogP contribution in [0.25, 0.3) is 0 Å². The van der Waals surface area contributed by atoms with E-state index in [0.29, 0.717) is 10.8 Å². The largest absolute Gasteiger partial charge is 0.506 e. The number of thioether (sulfide) groups is 1. The van der Waals surface area contributed by atoms with E-state index in [-0.39, 0.29) is 47.4 Å². The van der Waals surface area contributed by atoms with E-state index in [9.17, 15) is 29.7 Å². The zero-order valence-corrected chi connectivity index (χ0v) is 26.9. The summed E-state index contributed by atoms with van der Waals surface area (Å²) >= 11 is 1.45. The molecule has 6 atom stereocenters. The Balaban J connectivity index is 1.14. The SMILES string of the molecule is C[C@]12C[C@@]34C=C(Sc5ccc(C#Cc6ccccc6)cc5)C(=O)[C@@](C)(CCC(=O)Nc5c(O)ccc(C(=O)O)c5O)[C@@H]3[C@H](C[C@@H]1C4)O2. The van der Waals surface area contributed by atoms with Crippen LogP contribution >= 0.6 is 11.8 Å². The molecule has 0 radical (unpaired) electrons. The van der Waals surface area contributed by atoms with E-state index >= 15 is 0 Å². The van der Waals surface area contributed by atoms with Crippen molar-refractivity contribution in [1.29, 1.82) is 0 Å². The van der Waals surface area contributed by atoms with Crippen LogP contribution in [-0.2, 0) is 14.3 Å². The molecule has 8 rings (SSSR count). The van der Waals surface area contributed by atoms with Gasteiger partial charge in [-0.15, -0.1) is 0 Å². The number of carbonyl (C=O) groups excluding carboxylic acids is 2. The van der Waals surface area contributed by atoms with E-state index in [2.05, 4.69) is 30.2 Å². The van der Waals surface area contributed by atoms with Crippen molar-refractivity contribution in [2.75, 3.05) is 5.32 Å².